The Morgan fingerprint density at radius 3 is 2.45 bits per heavy atom. The summed E-state index contributed by atoms with van der Waals surface area (Å²) in [7, 11) is -0.585. The Morgan fingerprint density at radius 2 is 1.95 bits per heavy atom. The van der Waals surface area contributed by atoms with E-state index in [1.165, 1.54) is 6.20 Å². The van der Waals surface area contributed by atoms with E-state index in [9.17, 15) is 9.18 Å². The molecule has 1 aliphatic heterocycles. The first-order valence-corrected chi connectivity index (χ1v) is 7.62. The molecule has 1 aliphatic rings. The van der Waals surface area contributed by atoms with Crippen LogP contribution in [0.25, 0.3) is 6.08 Å². The van der Waals surface area contributed by atoms with Crippen LogP contribution in [0.3, 0.4) is 0 Å². The Labute approximate surface area is 135 Å². The van der Waals surface area contributed by atoms with Gasteiger partial charge in [-0.3, -0.25) is 4.79 Å². The first-order valence-electron chi connectivity index (χ1n) is 6.98. The van der Waals surface area contributed by atoms with Crippen molar-refractivity contribution in [3.05, 3.63) is 34.8 Å². The predicted octanol–water partition coefficient (Wildman–Crippen LogP) is 2.98. The van der Waals surface area contributed by atoms with E-state index in [0.29, 0.717) is 17.6 Å². The number of hydrogen-bond donors (Lipinski definition) is 1. The Kier molecular flexibility index (Phi) is 4.80. The number of nitrogens with zero attached hydrogens (tertiary/aromatic N) is 1. The Hall–Kier alpha value is -1.18. The third-order valence-corrected chi connectivity index (χ3v) is 4.54. The van der Waals surface area contributed by atoms with E-state index < -0.39 is 24.3 Å². The molecule has 0 spiro atoms. The van der Waals surface area contributed by atoms with Gasteiger partial charge in [0.25, 0.3) is 0 Å². The quantitative estimate of drug-likeness (QED) is 0.401. The first kappa shape index (κ1) is 17.2. The lowest BCUT2D eigenvalue weighted by Gasteiger charge is -2.32. The monoisotopic (exact) mass is 323 g/mol. The fourth-order valence-corrected chi connectivity index (χ4v) is 2.33. The zero-order chi connectivity index (χ0) is 16.5. The molecule has 0 saturated carbocycles. The second-order valence-electron chi connectivity index (χ2n) is 6.19. The minimum absolute atomic E-state index is 0.0849. The fourth-order valence-electron chi connectivity index (χ4n) is 2.09. The van der Waals surface area contributed by atoms with Crippen LogP contribution < -0.4 is 0 Å². The second kappa shape index (κ2) is 6.14. The van der Waals surface area contributed by atoms with E-state index in [2.05, 4.69) is 17.6 Å². The van der Waals surface area contributed by atoms with Crippen molar-refractivity contribution < 1.29 is 18.5 Å². The van der Waals surface area contributed by atoms with Crippen molar-refractivity contribution in [1.82, 2.24) is 4.98 Å². The van der Waals surface area contributed by atoms with Gasteiger partial charge < -0.3 is 9.31 Å². The molecule has 2 heterocycles. The molecule has 7 heteroatoms. The van der Waals surface area contributed by atoms with Gasteiger partial charge in [0.15, 0.2) is 6.29 Å². The van der Waals surface area contributed by atoms with Crippen molar-refractivity contribution in [2.45, 2.75) is 38.9 Å². The molecule has 0 amide bonds. The van der Waals surface area contributed by atoms with Crippen molar-refractivity contribution in [1.29, 1.82) is 0 Å². The summed E-state index contributed by atoms with van der Waals surface area (Å²) >= 11 is 4.30. The predicted molar refractivity (Wildman–Crippen MR) is 87.5 cm³/mol. The van der Waals surface area contributed by atoms with Gasteiger partial charge in [0.05, 0.1) is 16.8 Å². The molecule has 0 unspecified atom stereocenters. The minimum Gasteiger partial charge on any atom is -0.400 e. The number of carbonyl (C=O) groups excluding carboxylic acids is 1. The Bertz CT molecular complexity index is 603. The van der Waals surface area contributed by atoms with E-state index in [1.54, 1.807) is 12.1 Å². The van der Waals surface area contributed by atoms with Crippen molar-refractivity contribution in [2.24, 2.45) is 0 Å². The maximum absolute atomic E-state index is 13.6. The molecule has 1 saturated heterocycles. The van der Waals surface area contributed by atoms with Crippen LogP contribution in [0.15, 0.2) is 17.7 Å². The topological polar surface area (TPSA) is 48.4 Å². The summed E-state index contributed by atoms with van der Waals surface area (Å²) in [5.41, 5.74) is 0.114. The minimum atomic E-state index is -0.795. The van der Waals surface area contributed by atoms with Gasteiger partial charge in [0.1, 0.15) is 0 Å². The van der Waals surface area contributed by atoms with Crippen LogP contribution in [-0.4, -0.2) is 35.3 Å². The summed E-state index contributed by atoms with van der Waals surface area (Å²) in [6.45, 7) is 7.80. The zero-order valence-corrected chi connectivity index (χ0v) is 14.0. The Balaban J connectivity index is 2.38. The smallest absolute Gasteiger partial charge is 0.400 e. The van der Waals surface area contributed by atoms with Crippen LogP contribution in [0.1, 0.15) is 43.6 Å². The highest BCUT2D eigenvalue weighted by molar-refractivity contribution is 7.80. The molecule has 0 atom stereocenters. The van der Waals surface area contributed by atoms with Crippen LogP contribution >= 0.6 is 12.6 Å². The van der Waals surface area contributed by atoms with Crippen molar-refractivity contribution in [2.75, 3.05) is 5.75 Å². The number of aromatic nitrogens is 1. The van der Waals surface area contributed by atoms with Crippen LogP contribution in [0.5, 0.6) is 0 Å². The number of thiol groups is 1. The zero-order valence-electron chi connectivity index (χ0n) is 13.1. The Morgan fingerprint density at radius 1 is 1.36 bits per heavy atom. The number of halogens is 1. The molecule has 1 aromatic rings. The van der Waals surface area contributed by atoms with Gasteiger partial charge in [0.2, 0.25) is 5.95 Å². The fraction of sp³-hybridized carbons (Fsp3) is 0.467. The molecule has 0 radical (unpaired) electrons. The number of aldehydes is 1. The standard InChI is InChI=1S/C15H19BFNO3S/c1-14(2)15(3,4)21-16(20-14)11(9-22)7-10-5-6-18-13(17)12(10)8-19/h5-8,22H,9H2,1-4H3. The highest BCUT2D eigenvalue weighted by Gasteiger charge is 2.52. The first-order chi connectivity index (χ1) is 10.2. The number of carbonyl (C=O) groups is 1. The van der Waals surface area contributed by atoms with Gasteiger partial charge in [-0.2, -0.15) is 17.0 Å². The molecule has 1 aromatic heterocycles. The summed E-state index contributed by atoms with van der Waals surface area (Å²) in [5.74, 6) is -0.435. The molecule has 0 N–H and O–H groups in total. The van der Waals surface area contributed by atoms with Gasteiger partial charge in [-0.25, -0.2) is 4.98 Å². The van der Waals surface area contributed by atoms with Crippen LogP contribution in [0.4, 0.5) is 4.39 Å². The molecule has 2 rings (SSSR count). The lowest BCUT2D eigenvalue weighted by molar-refractivity contribution is 0.00578. The van der Waals surface area contributed by atoms with Gasteiger partial charge >= 0.3 is 7.12 Å². The number of hydrogen-bond acceptors (Lipinski definition) is 5. The van der Waals surface area contributed by atoms with Gasteiger partial charge in [0, 0.05) is 11.9 Å². The van der Waals surface area contributed by atoms with Crippen LogP contribution in [0.2, 0.25) is 0 Å². The normalized spacial score (nSPS) is 20.3. The number of rotatable bonds is 4. The summed E-state index contributed by atoms with van der Waals surface area (Å²) in [5, 5.41) is 0. The molecule has 0 aromatic carbocycles. The van der Waals surface area contributed by atoms with Crippen LogP contribution in [-0.2, 0) is 9.31 Å². The van der Waals surface area contributed by atoms with E-state index >= 15 is 0 Å². The van der Waals surface area contributed by atoms with Gasteiger partial charge in [-0.15, -0.1) is 0 Å². The summed E-state index contributed by atoms with van der Waals surface area (Å²) in [4.78, 5) is 14.5. The lowest BCUT2D eigenvalue weighted by Crippen LogP contribution is -2.41. The molecule has 4 nitrogen and oxygen atoms in total. The van der Waals surface area contributed by atoms with Crippen molar-refractivity contribution in [3.8, 4) is 0 Å². The second-order valence-corrected chi connectivity index (χ2v) is 6.50. The van der Waals surface area contributed by atoms with Crippen molar-refractivity contribution in [3.63, 3.8) is 0 Å². The van der Waals surface area contributed by atoms with E-state index in [1.807, 2.05) is 27.7 Å². The average molecular weight is 323 g/mol. The molecular formula is C15H19BFNO3S. The molecular weight excluding hydrogens is 304 g/mol. The molecule has 1 fully saturated rings. The highest BCUT2D eigenvalue weighted by atomic mass is 32.1. The third kappa shape index (κ3) is 3.11. The summed E-state index contributed by atoms with van der Waals surface area (Å²) in [6.07, 6.45) is 3.44. The van der Waals surface area contributed by atoms with Crippen LogP contribution in [0, 0.1) is 5.95 Å². The maximum Gasteiger partial charge on any atom is 0.491 e. The summed E-state index contributed by atoms with van der Waals surface area (Å²) < 4.78 is 25.5. The maximum atomic E-state index is 13.6. The van der Waals surface area contributed by atoms with E-state index in [0.717, 1.165) is 5.47 Å². The molecule has 118 valence electrons. The highest BCUT2D eigenvalue weighted by Crippen LogP contribution is 2.39. The molecule has 0 aliphatic carbocycles. The lowest BCUT2D eigenvalue weighted by atomic mass is 9.78. The number of pyridine rings is 1. The molecule has 22 heavy (non-hydrogen) atoms. The van der Waals surface area contributed by atoms with E-state index in [-0.39, 0.29) is 5.56 Å². The molecule has 0 bridgehead atoms. The SMILES string of the molecule is CC1(C)OB(C(=Cc2ccnc(F)c2C=O)CS)OC1(C)C. The summed E-state index contributed by atoms with van der Waals surface area (Å²) in [6, 6.07) is 1.57. The largest absolute Gasteiger partial charge is 0.491 e. The van der Waals surface area contributed by atoms with Crippen molar-refractivity contribution >= 4 is 32.1 Å². The van der Waals surface area contributed by atoms with E-state index in [4.69, 9.17) is 9.31 Å². The third-order valence-electron chi connectivity index (χ3n) is 4.17. The average Bonchev–Trinajstić information content (AvgIpc) is 2.64. The van der Waals surface area contributed by atoms with Gasteiger partial charge in [-0.05, 0) is 44.8 Å². The van der Waals surface area contributed by atoms with Gasteiger partial charge in [-0.1, -0.05) is 6.08 Å².